The average Bonchev–Trinajstić information content (AvgIpc) is 2.53. The van der Waals surface area contributed by atoms with Crippen LogP contribution in [0.5, 0.6) is 5.75 Å². The summed E-state index contributed by atoms with van der Waals surface area (Å²) in [5.41, 5.74) is 1.19. The van der Waals surface area contributed by atoms with Crippen molar-refractivity contribution in [1.29, 1.82) is 0 Å². The zero-order valence-corrected chi connectivity index (χ0v) is 12.9. The lowest BCUT2D eigenvalue weighted by atomic mass is 10.1. The fourth-order valence-electron chi connectivity index (χ4n) is 1.86. The predicted octanol–water partition coefficient (Wildman–Crippen LogP) is 0.976. The smallest absolute Gasteiger partial charge is 0.119 e. The van der Waals surface area contributed by atoms with Gasteiger partial charge in [-0.1, -0.05) is 19.1 Å². The molecule has 5 heteroatoms. The Balaban J connectivity index is 2.27. The van der Waals surface area contributed by atoms with Gasteiger partial charge in [0.2, 0.25) is 0 Å². The minimum atomic E-state index is -0.598. The highest BCUT2D eigenvalue weighted by Crippen LogP contribution is 2.13. The van der Waals surface area contributed by atoms with Crippen LogP contribution in [0.4, 0.5) is 0 Å². The van der Waals surface area contributed by atoms with E-state index in [-0.39, 0.29) is 19.3 Å². The van der Waals surface area contributed by atoms with Crippen LogP contribution in [0, 0.1) is 0 Å². The van der Waals surface area contributed by atoms with E-state index < -0.39 is 6.10 Å². The third kappa shape index (κ3) is 7.43. The maximum atomic E-state index is 9.84. The second-order valence-corrected chi connectivity index (χ2v) is 5.05. The van der Waals surface area contributed by atoms with Crippen LogP contribution in [0.1, 0.15) is 18.9 Å². The van der Waals surface area contributed by atoms with E-state index >= 15 is 0 Å². The molecule has 0 aliphatic rings. The molecule has 0 bridgehead atoms. The number of aliphatic hydroxyl groups is 2. The summed E-state index contributed by atoms with van der Waals surface area (Å²) in [6, 6.07) is 7.82. The minimum Gasteiger partial charge on any atom is -0.491 e. The number of ether oxygens (including phenoxy) is 2. The highest BCUT2D eigenvalue weighted by Gasteiger charge is 2.09. The third-order valence-electron chi connectivity index (χ3n) is 3.32. The molecule has 0 saturated carbocycles. The first-order valence-corrected chi connectivity index (χ1v) is 7.42. The molecular weight excluding hydrogens is 270 g/mol. The first-order valence-electron chi connectivity index (χ1n) is 7.42. The van der Waals surface area contributed by atoms with Crippen LogP contribution in [0.15, 0.2) is 24.3 Å². The van der Waals surface area contributed by atoms with Crippen LogP contribution in [-0.4, -0.2) is 55.8 Å². The molecule has 1 rings (SSSR count). The molecule has 0 aliphatic heterocycles. The number of methoxy groups -OCH3 is 1. The van der Waals surface area contributed by atoms with Gasteiger partial charge in [-0.2, -0.15) is 0 Å². The lowest BCUT2D eigenvalue weighted by molar-refractivity contribution is 0.0995. The average molecular weight is 297 g/mol. The highest BCUT2D eigenvalue weighted by atomic mass is 16.5. The van der Waals surface area contributed by atoms with Crippen molar-refractivity contribution in [2.45, 2.75) is 31.9 Å². The van der Waals surface area contributed by atoms with Crippen molar-refractivity contribution in [2.24, 2.45) is 0 Å². The second kappa shape index (κ2) is 10.6. The van der Waals surface area contributed by atoms with Crippen molar-refractivity contribution in [2.75, 3.05) is 33.5 Å². The van der Waals surface area contributed by atoms with E-state index in [0.717, 1.165) is 18.6 Å². The third-order valence-corrected chi connectivity index (χ3v) is 3.32. The zero-order chi connectivity index (χ0) is 15.5. The summed E-state index contributed by atoms with van der Waals surface area (Å²) >= 11 is 0. The number of rotatable bonds is 11. The lowest BCUT2D eigenvalue weighted by Crippen LogP contribution is -2.39. The molecule has 0 radical (unpaired) electrons. The van der Waals surface area contributed by atoms with Gasteiger partial charge in [-0.15, -0.1) is 0 Å². The van der Waals surface area contributed by atoms with Gasteiger partial charge >= 0.3 is 0 Å². The summed E-state index contributed by atoms with van der Waals surface area (Å²) in [5, 5.41) is 22.0. The molecule has 0 spiro atoms. The molecule has 0 amide bonds. The van der Waals surface area contributed by atoms with Crippen LogP contribution in [0.25, 0.3) is 0 Å². The molecule has 0 aliphatic carbocycles. The van der Waals surface area contributed by atoms with E-state index in [2.05, 4.69) is 5.32 Å². The van der Waals surface area contributed by atoms with Gasteiger partial charge in [0.25, 0.3) is 0 Å². The van der Waals surface area contributed by atoms with Crippen molar-refractivity contribution >= 4 is 0 Å². The van der Waals surface area contributed by atoms with Crippen LogP contribution < -0.4 is 10.1 Å². The molecule has 0 fully saturated rings. The normalized spacial score (nSPS) is 13.9. The minimum absolute atomic E-state index is 0.0275. The highest BCUT2D eigenvalue weighted by molar-refractivity contribution is 5.27. The summed E-state index contributed by atoms with van der Waals surface area (Å²) in [6.45, 7) is 3.40. The van der Waals surface area contributed by atoms with Crippen LogP contribution in [0.2, 0.25) is 0 Å². The molecule has 3 N–H and O–H groups in total. The maximum Gasteiger partial charge on any atom is 0.119 e. The van der Waals surface area contributed by atoms with Crippen molar-refractivity contribution < 1.29 is 19.7 Å². The van der Waals surface area contributed by atoms with Gasteiger partial charge in [-0.3, -0.25) is 0 Å². The number of nitrogens with one attached hydrogen (secondary N) is 1. The number of hydrogen-bond donors (Lipinski definition) is 3. The Hall–Kier alpha value is -1.14. The number of aliphatic hydroxyl groups excluding tert-OH is 2. The van der Waals surface area contributed by atoms with Crippen molar-refractivity contribution in [3.8, 4) is 5.75 Å². The molecule has 0 heterocycles. The molecule has 120 valence electrons. The molecule has 1 aromatic rings. The first-order chi connectivity index (χ1) is 10.2. The molecule has 0 aromatic heterocycles. The lowest BCUT2D eigenvalue weighted by Gasteiger charge is -2.18. The largest absolute Gasteiger partial charge is 0.491 e. The van der Waals surface area contributed by atoms with E-state index in [1.807, 2.05) is 31.2 Å². The fraction of sp³-hybridized carbons (Fsp3) is 0.625. The molecule has 0 saturated heterocycles. The van der Waals surface area contributed by atoms with E-state index in [1.54, 1.807) is 7.11 Å². The Morgan fingerprint density at radius 1 is 1.24 bits per heavy atom. The SMILES string of the molecule is CC[C@@H](CO)NC[C@H](O)COc1ccc(CCOC)cc1. The topological polar surface area (TPSA) is 71.0 Å². The van der Waals surface area contributed by atoms with Gasteiger partial charge in [-0.05, 0) is 30.5 Å². The monoisotopic (exact) mass is 297 g/mol. The maximum absolute atomic E-state index is 9.84. The Labute approximate surface area is 126 Å². The first kappa shape index (κ1) is 17.9. The Morgan fingerprint density at radius 2 is 1.95 bits per heavy atom. The van der Waals surface area contributed by atoms with Crippen LogP contribution in [-0.2, 0) is 11.2 Å². The summed E-state index contributed by atoms with van der Waals surface area (Å²) in [5.74, 6) is 0.740. The Morgan fingerprint density at radius 3 is 2.52 bits per heavy atom. The van der Waals surface area contributed by atoms with Gasteiger partial charge in [0.1, 0.15) is 18.5 Å². The van der Waals surface area contributed by atoms with Crippen molar-refractivity contribution in [1.82, 2.24) is 5.32 Å². The van der Waals surface area contributed by atoms with Crippen LogP contribution in [0.3, 0.4) is 0 Å². The van der Waals surface area contributed by atoms with Crippen molar-refractivity contribution in [3.63, 3.8) is 0 Å². The van der Waals surface area contributed by atoms with Gasteiger partial charge in [-0.25, -0.2) is 0 Å². The van der Waals surface area contributed by atoms with Gasteiger partial charge < -0.3 is 25.0 Å². The summed E-state index contributed by atoms with van der Waals surface area (Å²) in [7, 11) is 1.69. The standard InChI is InChI=1S/C16H27NO4/c1-3-14(11-18)17-10-15(19)12-21-16-6-4-13(5-7-16)8-9-20-2/h4-7,14-15,17-19H,3,8-12H2,1-2H3/t14-,15-/m0/s1. The molecule has 5 nitrogen and oxygen atoms in total. The van der Waals surface area contributed by atoms with E-state index in [9.17, 15) is 5.11 Å². The van der Waals surface area contributed by atoms with Gasteiger partial charge in [0.05, 0.1) is 13.2 Å². The Kier molecular flexibility index (Phi) is 9.01. The summed E-state index contributed by atoms with van der Waals surface area (Å²) < 4.78 is 10.6. The molecule has 21 heavy (non-hydrogen) atoms. The molecule has 0 unspecified atom stereocenters. The number of benzene rings is 1. The second-order valence-electron chi connectivity index (χ2n) is 5.05. The van der Waals surface area contributed by atoms with Gasteiger partial charge in [0.15, 0.2) is 0 Å². The Bertz CT molecular complexity index is 365. The molecule has 1 aromatic carbocycles. The van der Waals surface area contributed by atoms with E-state index in [1.165, 1.54) is 5.56 Å². The fourth-order valence-corrected chi connectivity index (χ4v) is 1.86. The van der Waals surface area contributed by atoms with Crippen LogP contribution >= 0.6 is 0 Å². The summed E-state index contributed by atoms with van der Waals surface area (Å²) in [6.07, 6.45) is 1.11. The van der Waals surface area contributed by atoms with Crippen molar-refractivity contribution in [3.05, 3.63) is 29.8 Å². The predicted molar refractivity (Wildman–Crippen MR) is 82.7 cm³/mol. The van der Waals surface area contributed by atoms with Gasteiger partial charge in [0, 0.05) is 19.7 Å². The molecular formula is C16H27NO4. The quantitative estimate of drug-likeness (QED) is 0.568. The van der Waals surface area contributed by atoms with E-state index in [4.69, 9.17) is 14.6 Å². The van der Waals surface area contributed by atoms with E-state index in [0.29, 0.717) is 13.2 Å². The number of hydrogen-bond acceptors (Lipinski definition) is 5. The zero-order valence-electron chi connectivity index (χ0n) is 12.9. The summed E-state index contributed by atoms with van der Waals surface area (Å²) in [4.78, 5) is 0. The molecule has 2 atom stereocenters.